The maximum Gasteiger partial charge on any atom is 0.408 e. The van der Waals surface area contributed by atoms with Gasteiger partial charge in [-0.05, 0) is 49.6 Å². The molecule has 0 bridgehead atoms. The van der Waals surface area contributed by atoms with Crippen LogP contribution in [0.25, 0.3) is 10.8 Å². The smallest absolute Gasteiger partial charge is 0.321 e. The minimum atomic E-state index is -4.24. The summed E-state index contributed by atoms with van der Waals surface area (Å²) in [6, 6.07) is 4.39. The van der Waals surface area contributed by atoms with Gasteiger partial charge >= 0.3 is 16.3 Å². The molecular weight excluding hydrogens is 439 g/mol. The van der Waals surface area contributed by atoms with Crippen LogP contribution in [0.5, 0.6) is 0 Å². The molecule has 3 aromatic rings. The van der Waals surface area contributed by atoms with Crippen molar-refractivity contribution in [1.82, 2.24) is 29.0 Å². The molecule has 2 aliphatic heterocycles. The van der Waals surface area contributed by atoms with E-state index in [2.05, 4.69) is 19.6 Å². The Bertz CT molecular complexity index is 1260. The molecule has 0 radical (unpaired) electrons. The van der Waals surface area contributed by atoms with E-state index in [0.29, 0.717) is 10.8 Å². The van der Waals surface area contributed by atoms with Gasteiger partial charge in [0.15, 0.2) is 16.7 Å². The van der Waals surface area contributed by atoms with Crippen LogP contribution in [0.4, 0.5) is 4.39 Å². The molecule has 1 atom stereocenters. The van der Waals surface area contributed by atoms with Crippen LogP contribution in [-0.2, 0) is 24.7 Å². The van der Waals surface area contributed by atoms with Gasteiger partial charge in [0.2, 0.25) is 0 Å². The molecule has 1 fully saturated rings. The predicted molar refractivity (Wildman–Crippen MR) is 98.6 cm³/mol. The number of aromatic nitrogens is 5. The van der Waals surface area contributed by atoms with Gasteiger partial charge < -0.3 is 4.90 Å². The van der Waals surface area contributed by atoms with Crippen molar-refractivity contribution in [3.05, 3.63) is 47.3 Å². The summed E-state index contributed by atoms with van der Waals surface area (Å²) in [6.45, 7) is 3.15. The topological polar surface area (TPSA) is 129 Å². The summed E-state index contributed by atoms with van der Waals surface area (Å²) in [6.07, 6.45) is 0. The summed E-state index contributed by atoms with van der Waals surface area (Å²) < 4.78 is 52.5. The van der Waals surface area contributed by atoms with E-state index >= 15 is 0 Å². The normalized spacial score (nSPS) is 21.3. The van der Waals surface area contributed by atoms with Gasteiger partial charge in [-0.15, -0.1) is 10.2 Å². The highest BCUT2D eigenvalue weighted by Gasteiger charge is 2.61. The van der Waals surface area contributed by atoms with E-state index in [0.717, 1.165) is 23.7 Å². The van der Waals surface area contributed by atoms with Crippen molar-refractivity contribution in [2.24, 2.45) is 0 Å². The Morgan fingerprint density at radius 1 is 1.27 bits per heavy atom. The molecule has 11 nitrogen and oxygen atoms in total. The van der Waals surface area contributed by atoms with Crippen LogP contribution in [0.3, 0.4) is 0 Å². The number of halogens is 1. The number of hydrogen-bond acceptors (Lipinski definition) is 10. The van der Waals surface area contributed by atoms with E-state index in [1.54, 1.807) is 13.8 Å². The Kier molecular flexibility index (Phi) is 4.05. The second-order valence-electron chi connectivity index (χ2n) is 6.77. The Balaban J connectivity index is 1.61. The molecular formula is C16H13FN6O5S2. The Morgan fingerprint density at radius 3 is 2.57 bits per heavy atom. The van der Waals surface area contributed by atoms with Crippen LogP contribution >= 0.6 is 11.5 Å². The molecule has 4 heterocycles. The van der Waals surface area contributed by atoms with E-state index < -0.39 is 34.1 Å². The van der Waals surface area contributed by atoms with Crippen LogP contribution in [0.1, 0.15) is 35.0 Å². The second kappa shape index (κ2) is 6.34. The fourth-order valence-corrected chi connectivity index (χ4v) is 5.00. The van der Waals surface area contributed by atoms with Crippen LogP contribution in [0.2, 0.25) is 0 Å². The van der Waals surface area contributed by atoms with Gasteiger partial charge in [0.25, 0.3) is 5.91 Å². The van der Waals surface area contributed by atoms with Gasteiger partial charge in [0.1, 0.15) is 11.6 Å². The number of carbonyl (C=O) groups is 1. The molecule has 0 unspecified atom stereocenters. The van der Waals surface area contributed by atoms with Crippen LogP contribution in [0.15, 0.2) is 24.3 Å². The highest BCUT2D eigenvalue weighted by atomic mass is 32.3. The van der Waals surface area contributed by atoms with Crippen molar-refractivity contribution in [3.63, 3.8) is 0 Å². The van der Waals surface area contributed by atoms with Crippen LogP contribution < -0.4 is 0 Å². The largest absolute Gasteiger partial charge is 0.408 e. The molecule has 30 heavy (non-hydrogen) atoms. The zero-order chi connectivity index (χ0) is 21.3. The highest BCUT2D eigenvalue weighted by molar-refractivity contribution is 7.82. The van der Waals surface area contributed by atoms with Crippen molar-refractivity contribution in [2.75, 3.05) is 6.54 Å². The summed E-state index contributed by atoms with van der Waals surface area (Å²) in [5.41, 5.74) is 0.216. The Hall–Kier alpha value is -2.81. The van der Waals surface area contributed by atoms with Gasteiger partial charge in [0, 0.05) is 5.56 Å². The molecule has 14 heteroatoms. The number of nitrogens with zero attached hydrogens (tertiary/aromatic N) is 6. The third kappa shape index (κ3) is 2.83. The maximum absolute atomic E-state index is 13.2. The first kappa shape index (κ1) is 19.2. The van der Waals surface area contributed by atoms with Gasteiger partial charge in [-0.1, -0.05) is 0 Å². The van der Waals surface area contributed by atoms with Gasteiger partial charge in [-0.25, -0.2) is 13.9 Å². The quantitative estimate of drug-likeness (QED) is 0.566. The average Bonchev–Trinajstić information content (AvgIpc) is 3.30. The Labute approximate surface area is 173 Å². The molecule has 1 aromatic carbocycles. The molecule has 1 saturated heterocycles. The number of fused-ring (bicyclic) bond motifs is 2. The van der Waals surface area contributed by atoms with E-state index in [4.69, 9.17) is 8.37 Å². The minimum absolute atomic E-state index is 0.214. The third-order valence-corrected chi connectivity index (χ3v) is 6.51. The maximum atomic E-state index is 13.2. The lowest BCUT2D eigenvalue weighted by Gasteiger charge is -2.48. The lowest BCUT2D eigenvalue weighted by Crippen LogP contribution is -2.63. The minimum Gasteiger partial charge on any atom is -0.321 e. The van der Waals surface area contributed by atoms with Crippen molar-refractivity contribution in [2.45, 2.75) is 25.8 Å². The van der Waals surface area contributed by atoms with E-state index in [1.165, 1.54) is 21.6 Å². The predicted octanol–water partition coefficient (Wildman–Crippen LogP) is 1.36. The highest BCUT2D eigenvalue weighted by Crippen LogP contribution is 2.46. The molecule has 2 aromatic heterocycles. The first-order chi connectivity index (χ1) is 14.2. The molecule has 0 aliphatic carbocycles. The van der Waals surface area contributed by atoms with Gasteiger partial charge in [0.05, 0.1) is 12.6 Å². The van der Waals surface area contributed by atoms with Gasteiger partial charge in [-0.2, -0.15) is 21.2 Å². The van der Waals surface area contributed by atoms with Crippen LogP contribution in [-0.4, -0.2) is 49.9 Å². The zero-order valence-corrected chi connectivity index (χ0v) is 17.1. The van der Waals surface area contributed by atoms with Crippen LogP contribution in [0, 0.1) is 12.7 Å². The number of amides is 1. The number of carbonyl (C=O) groups excluding carboxylic acids is 1. The van der Waals surface area contributed by atoms with E-state index in [1.807, 2.05) is 0 Å². The number of rotatable bonds is 2. The monoisotopic (exact) mass is 452 g/mol. The van der Waals surface area contributed by atoms with Crippen molar-refractivity contribution in [1.29, 1.82) is 0 Å². The van der Waals surface area contributed by atoms with Gasteiger partial charge in [-0.3, -0.25) is 4.79 Å². The zero-order valence-electron chi connectivity index (χ0n) is 15.5. The molecule has 1 spiro atoms. The summed E-state index contributed by atoms with van der Waals surface area (Å²) in [5.74, 6) is -1.85. The second-order valence-corrected chi connectivity index (χ2v) is 8.67. The van der Waals surface area contributed by atoms with Crippen molar-refractivity contribution >= 4 is 27.8 Å². The SMILES string of the molecule is Cc1nsc(-c2nnc3n2C2(CN(C(=O)c4ccc(F)cc4)[C@@H]3C)OS(=O)(=O)O2)n1. The lowest BCUT2D eigenvalue weighted by atomic mass is 10.1. The summed E-state index contributed by atoms with van der Waals surface area (Å²) in [4.78, 5) is 18.7. The standard InChI is InChI=1S/C16H13FN6O5S2/c1-8-12-19-20-13(14-18-9(2)21-29-14)23(12)16(27-30(25,26)28-16)7-22(8)15(24)10-3-5-11(17)6-4-10/h3-6,8H,7H2,1-2H3/t8-/m1/s1. The fourth-order valence-electron chi connectivity index (χ4n) is 3.45. The fraction of sp³-hybridized carbons (Fsp3) is 0.312. The summed E-state index contributed by atoms with van der Waals surface area (Å²) in [7, 11) is -4.24. The molecule has 0 saturated carbocycles. The lowest BCUT2D eigenvalue weighted by molar-refractivity contribution is -0.267. The number of aryl methyl sites for hydroxylation is 1. The third-order valence-electron chi connectivity index (χ3n) is 4.78. The van der Waals surface area contributed by atoms with Crippen molar-refractivity contribution < 1.29 is 26.0 Å². The average molecular weight is 452 g/mol. The summed E-state index contributed by atoms with van der Waals surface area (Å²) in [5, 5.41) is 8.64. The molecule has 5 rings (SSSR count). The molecule has 0 N–H and O–H groups in total. The number of hydrogen-bond donors (Lipinski definition) is 0. The van der Waals surface area contributed by atoms with Crippen molar-refractivity contribution in [3.8, 4) is 10.8 Å². The first-order valence-electron chi connectivity index (χ1n) is 8.68. The first-order valence-corrected chi connectivity index (χ1v) is 10.8. The molecule has 2 aliphatic rings. The Morgan fingerprint density at radius 2 is 1.97 bits per heavy atom. The van der Waals surface area contributed by atoms with E-state index in [-0.39, 0.29) is 23.8 Å². The molecule has 1 amide bonds. The molecule has 156 valence electrons. The summed E-state index contributed by atoms with van der Waals surface area (Å²) >= 11 is 1.06. The van der Waals surface area contributed by atoms with E-state index in [9.17, 15) is 17.6 Å². The number of benzene rings is 1.